The lowest BCUT2D eigenvalue weighted by Gasteiger charge is -2.36. The molecule has 0 aromatic heterocycles. The van der Waals surface area contributed by atoms with Gasteiger partial charge >= 0.3 is 0 Å². The molecule has 0 unspecified atom stereocenters. The minimum absolute atomic E-state index is 0.0475. The van der Waals surface area contributed by atoms with Crippen LogP contribution in [-0.2, 0) is 10.0 Å². The topological polar surface area (TPSA) is 79.0 Å². The molecule has 3 aromatic carbocycles. The van der Waals surface area contributed by atoms with E-state index in [0.29, 0.717) is 53.9 Å². The van der Waals surface area contributed by atoms with E-state index in [1.165, 1.54) is 4.31 Å². The van der Waals surface area contributed by atoms with E-state index in [9.17, 15) is 13.2 Å². The van der Waals surface area contributed by atoms with Gasteiger partial charge in [-0.05, 0) is 62.7 Å². The summed E-state index contributed by atoms with van der Waals surface area (Å²) in [6.07, 6.45) is 0.911. The number of anilines is 2. The third-order valence-corrected chi connectivity index (χ3v) is 8.67. The molecule has 0 spiro atoms. The number of hydrogen-bond acceptors (Lipinski definition) is 5. The molecule has 1 aliphatic rings. The van der Waals surface area contributed by atoms with Crippen LogP contribution in [-0.4, -0.2) is 50.9 Å². The highest BCUT2D eigenvalue weighted by atomic mass is 35.5. The number of nitrogens with zero attached hydrogens (tertiary/aromatic N) is 2. The molecule has 9 heteroatoms. The molecule has 0 saturated carbocycles. The molecule has 1 atom stereocenters. The zero-order chi connectivity index (χ0) is 26.6. The number of carbonyl (C=O) groups excluding carboxylic acids is 1. The summed E-state index contributed by atoms with van der Waals surface area (Å²) in [5, 5.41) is 3.47. The minimum Gasteiger partial charge on any atom is -0.491 e. The predicted molar refractivity (Wildman–Crippen MR) is 148 cm³/mol. The summed E-state index contributed by atoms with van der Waals surface area (Å²) < 4.78 is 33.6. The molecule has 3 aromatic rings. The van der Waals surface area contributed by atoms with E-state index in [2.05, 4.69) is 5.32 Å². The second kappa shape index (κ2) is 11.5. The Hall–Kier alpha value is -3.07. The van der Waals surface area contributed by atoms with Crippen LogP contribution in [0.3, 0.4) is 0 Å². The average Bonchev–Trinajstić information content (AvgIpc) is 2.89. The van der Waals surface area contributed by atoms with Gasteiger partial charge in [-0.3, -0.25) is 4.79 Å². The van der Waals surface area contributed by atoms with Crippen LogP contribution in [0.15, 0.2) is 71.6 Å². The maximum atomic E-state index is 13.1. The van der Waals surface area contributed by atoms with Gasteiger partial charge in [0.15, 0.2) is 0 Å². The van der Waals surface area contributed by atoms with Crippen molar-refractivity contribution in [2.45, 2.75) is 38.2 Å². The van der Waals surface area contributed by atoms with Gasteiger partial charge in [-0.2, -0.15) is 4.31 Å². The van der Waals surface area contributed by atoms with E-state index in [1.54, 1.807) is 60.7 Å². The first-order valence-electron chi connectivity index (χ1n) is 12.4. The Bertz CT molecular complexity index is 1350. The van der Waals surface area contributed by atoms with Crippen LogP contribution in [0.2, 0.25) is 5.02 Å². The Morgan fingerprint density at radius 3 is 2.38 bits per heavy atom. The van der Waals surface area contributed by atoms with E-state index in [-0.39, 0.29) is 16.9 Å². The summed E-state index contributed by atoms with van der Waals surface area (Å²) in [7, 11) is -3.58. The largest absolute Gasteiger partial charge is 0.491 e. The monoisotopic (exact) mass is 541 g/mol. The van der Waals surface area contributed by atoms with Gasteiger partial charge in [0.25, 0.3) is 5.91 Å². The lowest BCUT2D eigenvalue weighted by molar-refractivity contribution is 0.102. The third kappa shape index (κ3) is 6.26. The van der Waals surface area contributed by atoms with Crippen LogP contribution >= 0.6 is 11.6 Å². The molecule has 1 heterocycles. The Morgan fingerprint density at radius 1 is 1.03 bits per heavy atom. The number of rotatable bonds is 8. The molecule has 1 amide bonds. The lowest BCUT2D eigenvalue weighted by atomic mass is 10.1. The van der Waals surface area contributed by atoms with Crippen LogP contribution in [0.25, 0.3) is 0 Å². The highest BCUT2D eigenvalue weighted by molar-refractivity contribution is 7.89. The molecule has 196 valence electrons. The molecule has 1 aliphatic heterocycles. The second-order valence-electron chi connectivity index (χ2n) is 9.16. The molecule has 0 bridgehead atoms. The molecular formula is C28H32ClN3O4S. The van der Waals surface area contributed by atoms with Crippen molar-refractivity contribution in [3.05, 3.63) is 82.9 Å². The van der Waals surface area contributed by atoms with Crippen LogP contribution in [0.5, 0.6) is 5.75 Å². The number of sulfonamides is 1. The van der Waals surface area contributed by atoms with E-state index >= 15 is 0 Å². The number of amides is 1. The van der Waals surface area contributed by atoms with Gasteiger partial charge in [-0.25, -0.2) is 8.42 Å². The number of hydrogen-bond donors (Lipinski definition) is 1. The van der Waals surface area contributed by atoms with Crippen molar-refractivity contribution in [3.63, 3.8) is 0 Å². The Kier molecular flexibility index (Phi) is 8.42. The highest BCUT2D eigenvalue weighted by Gasteiger charge is 2.30. The standard InChI is InChI=1S/C28H32ClN3O4S/c1-4-21(3)36-23-8-5-7-22(19-23)28(33)30-26-10-6-9-25(29)27(26)31-15-17-32(18-16-31)37(34,35)24-13-11-20(2)12-14-24/h5-14,19,21H,4,15-18H2,1-3H3,(H,30,33)/t21-/m1/s1. The van der Waals surface area contributed by atoms with Crippen molar-refractivity contribution >= 4 is 38.9 Å². The number of nitrogens with one attached hydrogen (secondary N) is 1. The highest BCUT2D eigenvalue weighted by Crippen LogP contribution is 2.35. The van der Waals surface area contributed by atoms with Crippen molar-refractivity contribution in [2.75, 3.05) is 36.4 Å². The Labute approximate surface area is 224 Å². The van der Waals surface area contributed by atoms with Crippen molar-refractivity contribution in [1.29, 1.82) is 0 Å². The predicted octanol–water partition coefficient (Wildman–Crippen LogP) is 5.59. The van der Waals surface area contributed by atoms with Crippen molar-refractivity contribution < 1.29 is 17.9 Å². The summed E-state index contributed by atoms with van der Waals surface area (Å²) >= 11 is 6.58. The quantitative estimate of drug-likeness (QED) is 0.402. The van der Waals surface area contributed by atoms with Gasteiger partial charge in [0.1, 0.15) is 5.75 Å². The normalized spacial score (nSPS) is 15.3. The fourth-order valence-electron chi connectivity index (χ4n) is 4.17. The van der Waals surface area contributed by atoms with Crippen molar-refractivity contribution in [2.24, 2.45) is 0 Å². The van der Waals surface area contributed by atoms with Gasteiger partial charge in [-0.15, -0.1) is 0 Å². The van der Waals surface area contributed by atoms with Gasteiger partial charge in [0.05, 0.1) is 27.4 Å². The number of carbonyl (C=O) groups is 1. The van der Waals surface area contributed by atoms with E-state index in [4.69, 9.17) is 16.3 Å². The average molecular weight is 542 g/mol. The number of halogens is 1. The van der Waals surface area contributed by atoms with Gasteiger partial charge < -0.3 is 15.0 Å². The van der Waals surface area contributed by atoms with Crippen LogP contribution in [0.4, 0.5) is 11.4 Å². The fraction of sp³-hybridized carbons (Fsp3) is 0.321. The van der Waals surface area contributed by atoms with Crippen LogP contribution in [0.1, 0.15) is 36.2 Å². The molecule has 1 saturated heterocycles. The van der Waals surface area contributed by atoms with Gasteiger partial charge in [0, 0.05) is 31.7 Å². The molecule has 1 fully saturated rings. The Balaban J connectivity index is 1.49. The summed E-state index contributed by atoms with van der Waals surface area (Å²) in [5.41, 5.74) is 2.73. The van der Waals surface area contributed by atoms with Crippen LogP contribution < -0.4 is 15.0 Å². The first-order chi connectivity index (χ1) is 17.7. The fourth-order valence-corrected chi connectivity index (χ4v) is 5.89. The smallest absolute Gasteiger partial charge is 0.255 e. The number of aryl methyl sites for hydroxylation is 1. The molecule has 0 radical (unpaired) electrons. The van der Waals surface area contributed by atoms with Crippen LogP contribution in [0, 0.1) is 6.92 Å². The number of benzene rings is 3. The summed E-state index contributed by atoms with van der Waals surface area (Å²) in [4.78, 5) is 15.4. The number of piperazine rings is 1. The summed E-state index contributed by atoms with van der Waals surface area (Å²) in [6, 6.07) is 19.3. The van der Waals surface area contributed by atoms with Gasteiger partial charge in [-0.1, -0.05) is 48.4 Å². The zero-order valence-corrected chi connectivity index (χ0v) is 22.8. The third-order valence-electron chi connectivity index (χ3n) is 6.46. The van der Waals surface area contributed by atoms with E-state index in [0.717, 1.165) is 12.0 Å². The number of para-hydroxylation sites is 1. The minimum atomic E-state index is -3.58. The molecule has 37 heavy (non-hydrogen) atoms. The van der Waals surface area contributed by atoms with E-state index < -0.39 is 10.0 Å². The first-order valence-corrected chi connectivity index (χ1v) is 14.2. The zero-order valence-electron chi connectivity index (χ0n) is 21.3. The van der Waals surface area contributed by atoms with Gasteiger partial charge in [0.2, 0.25) is 10.0 Å². The molecule has 7 nitrogen and oxygen atoms in total. The summed E-state index contributed by atoms with van der Waals surface area (Å²) in [6.45, 7) is 7.45. The van der Waals surface area contributed by atoms with Crippen molar-refractivity contribution in [3.8, 4) is 5.75 Å². The molecule has 1 N–H and O–H groups in total. The lowest BCUT2D eigenvalue weighted by Crippen LogP contribution is -2.49. The summed E-state index contributed by atoms with van der Waals surface area (Å²) in [5.74, 6) is 0.359. The SMILES string of the molecule is CC[C@@H](C)Oc1cccc(C(=O)Nc2cccc(Cl)c2N2CCN(S(=O)(=O)c3ccc(C)cc3)CC2)c1. The molecule has 4 rings (SSSR count). The van der Waals surface area contributed by atoms with Crippen molar-refractivity contribution in [1.82, 2.24) is 4.31 Å². The number of ether oxygens (including phenoxy) is 1. The maximum Gasteiger partial charge on any atom is 0.255 e. The van der Waals surface area contributed by atoms with E-state index in [1.807, 2.05) is 31.7 Å². The first kappa shape index (κ1) is 27.0. The molecule has 0 aliphatic carbocycles. The maximum absolute atomic E-state index is 13.1. The Morgan fingerprint density at radius 2 is 1.70 bits per heavy atom. The molecular weight excluding hydrogens is 510 g/mol. The second-order valence-corrected chi connectivity index (χ2v) is 11.5.